The first-order valence-corrected chi connectivity index (χ1v) is 6.47. The van der Waals surface area contributed by atoms with Crippen molar-refractivity contribution in [2.45, 2.75) is 13.3 Å². The van der Waals surface area contributed by atoms with Crippen LogP contribution < -0.4 is 9.80 Å². The monoisotopic (exact) mass is 261 g/mol. The molecule has 1 saturated heterocycles. The van der Waals surface area contributed by atoms with E-state index in [1.807, 2.05) is 24.9 Å². The lowest BCUT2D eigenvalue weighted by Crippen LogP contribution is -2.37. The van der Waals surface area contributed by atoms with Gasteiger partial charge in [0.2, 0.25) is 0 Å². The fourth-order valence-electron chi connectivity index (χ4n) is 2.02. The molecule has 2 heterocycles. The molecule has 2 rings (SSSR count). The van der Waals surface area contributed by atoms with Crippen molar-refractivity contribution in [2.24, 2.45) is 0 Å². The second-order valence-electron chi connectivity index (χ2n) is 4.56. The molecule has 0 atom stereocenters. The van der Waals surface area contributed by atoms with Crippen LogP contribution in [0.25, 0.3) is 0 Å². The molecule has 0 aliphatic carbocycles. The molecule has 6 nitrogen and oxygen atoms in total. The fraction of sp³-hybridized carbons (Fsp3) is 0.615. The number of anilines is 2. The summed E-state index contributed by atoms with van der Waals surface area (Å²) in [5, 5.41) is 8.64. The van der Waals surface area contributed by atoms with Crippen molar-refractivity contribution in [3.63, 3.8) is 0 Å². The topological polar surface area (TPSA) is 65.3 Å². The van der Waals surface area contributed by atoms with E-state index in [2.05, 4.69) is 20.9 Å². The van der Waals surface area contributed by atoms with Crippen molar-refractivity contribution in [3.05, 3.63) is 11.9 Å². The summed E-state index contributed by atoms with van der Waals surface area (Å²) in [4.78, 5) is 13.1. The van der Waals surface area contributed by atoms with Crippen molar-refractivity contribution in [3.8, 4) is 6.07 Å². The van der Waals surface area contributed by atoms with Crippen LogP contribution in [-0.4, -0.2) is 49.9 Å². The Hall–Kier alpha value is -1.87. The quantitative estimate of drug-likeness (QED) is 0.804. The molecule has 1 aliphatic rings. The fourth-order valence-corrected chi connectivity index (χ4v) is 2.02. The summed E-state index contributed by atoms with van der Waals surface area (Å²) in [7, 11) is 1.95. The Morgan fingerprint density at radius 1 is 1.42 bits per heavy atom. The molecule has 1 aliphatic heterocycles. The number of nitriles is 1. The zero-order valence-electron chi connectivity index (χ0n) is 11.5. The average Bonchev–Trinajstić information content (AvgIpc) is 2.45. The van der Waals surface area contributed by atoms with E-state index in [-0.39, 0.29) is 0 Å². The number of nitrogens with zero attached hydrogens (tertiary/aromatic N) is 5. The Balaban J connectivity index is 2.16. The molecule has 0 bridgehead atoms. The smallest absolute Gasteiger partial charge is 0.134 e. The second-order valence-corrected chi connectivity index (χ2v) is 4.56. The standard InChI is InChI=1S/C13H19N5O/c1-11-15-12(17(2)5-3-4-14)10-13(16-11)18-6-8-19-9-7-18/h10H,3,5-9H2,1-2H3. The maximum absolute atomic E-state index is 8.64. The number of hydrogen-bond acceptors (Lipinski definition) is 6. The number of rotatable bonds is 4. The molecule has 0 N–H and O–H groups in total. The highest BCUT2D eigenvalue weighted by Gasteiger charge is 2.15. The van der Waals surface area contributed by atoms with Crippen molar-refractivity contribution in [2.75, 3.05) is 49.7 Å². The van der Waals surface area contributed by atoms with E-state index in [9.17, 15) is 0 Å². The Kier molecular flexibility index (Phi) is 4.53. The zero-order valence-corrected chi connectivity index (χ0v) is 11.5. The number of aryl methyl sites for hydroxylation is 1. The van der Waals surface area contributed by atoms with Gasteiger partial charge in [-0.25, -0.2) is 9.97 Å². The minimum absolute atomic E-state index is 0.492. The summed E-state index contributed by atoms with van der Waals surface area (Å²) in [6.07, 6.45) is 0.492. The lowest BCUT2D eigenvalue weighted by Gasteiger charge is -2.29. The maximum Gasteiger partial charge on any atom is 0.134 e. The first-order chi connectivity index (χ1) is 9.20. The van der Waals surface area contributed by atoms with Crippen molar-refractivity contribution in [1.29, 1.82) is 5.26 Å². The molecule has 0 radical (unpaired) electrons. The predicted molar refractivity (Wildman–Crippen MR) is 73.3 cm³/mol. The first kappa shape index (κ1) is 13.6. The predicted octanol–water partition coefficient (Wildman–Crippen LogP) is 0.971. The van der Waals surface area contributed by atoms with E-state index >= 15 is 0 Å². The molecule has 0 aromatic carbocycles. The minimum Gasteiger partial charge on any atom is -0.378 e. The summed E-state index contributed by atoms with van der Waals surface area (Å²) < 4.78 is 5.35. The molecule has 0 spiro atoms. The summed E-state index contributed by atoms with van der Waals surface area (Å²) in [5.74, 6) is 2.56. The third-order valence-electron chi connectivity index (χ3n) is 3.10. The van der Waals surface area contributed by atoms with Gasteiger partial charge in [-0.15, -0.1) is 0 Å². The summed E-state index contributed by atoms with van der Waals surface area (Å²) in [6, 6.07) is 4.13. The maximum atomic E-state index is 8.64. The average molecular weight is 261 g/mol. The van der Waals surface area contributed by atoms with Crippen LogP contribution in [0.5, 0.6) is 0 Å². The second kappa shape index (κ2) is 6.34. The highest BCUT2D eigenvalue weighted by molar-refractivity contribution is 5.50. The number of hydrogen-bond donors (Lipinski definition) is 0. The van der Waals surface area contributed by atoms with Crippen molar-refractivity contribution in [1.82, 2.24) is 9.97 Å². The highest BCUT2D eigenvalue weighted by atomic mass is 16.5. The molecule has 19 heavy (non-hydrogen) atoms. The van der Waals surface area contributed by atoms with E-state index in [0.717, 1.165) is 43.8 Å². The molecule has 1 aromatic heterocycles. The number of aromatic nitrogens is 2. The number of ether oxygens (including phenoxy) is 1. The molecule has 0 amide bonds. The summed E-state index contributed by atoms with van der Waals surface area (Å²) in [6.45, 7) is 5.77. The van der Waals surface area contributed by atoms with Crippen LogP contribution in [-0.2, 0) is 4.74 Å². The van der Waals surface area contributed by atoms with Gasteiger partial charge in [0.05, 0.1) is 25.7 Å². The Morgan fingerprint density at radius 2 is 2.16 bits per heavy atom. The Morgan fingerprint density at radius 3 is 2.84 bits per heavy atom. The van der Waals surface area contributed by atoms with Gasteiger partial charge in [0.25, 0.3) is 0 Å². The first-order valence-electron chi connectivity index (χ1n) is 6.47. The minimum atomic E-state index is 0.492. The van der Waals surface area contributed by atoms with Gasteiger partial charge in [0.15, 0.2) is 0 Å². The normalized spacial score (nSPS) is 15.1. The van der Waals surface area contributed by atoms with Crippen LogP contribution in [0.3, 0.4) is 0 Å². The molecule has 1 aromatic rings. The lowest BCUT2D eigenvalue weighted by atomic mass is 10.3. The summed E-state index contributed by atoms with van der Waals surface area (Å²) >= 11 is 0. The lowest BCUT2D eigenvalue weighted by molar-refractivity contribution is 0.122. The molecule has 102 valence electrons. The molecule has 0 saturated carbocycles. The van der Waals surface area contributed by atoms with Gasteiger partial charge in [-0.2, -0.15) is 5.26 Å². The van der Waals surface area contributed by atoms with E-state index in [4.69, 9.17) is 10.00 Å². The van der Waals surface area contributed by atoms with Crippen molar-refractivity contribution >= 4 is 11.6 Å². The van der Waals surface area contributed by atoms with Crippen LogP contribution >= 0.6 is 0 Å². The number of morpholine rings is 1. The van der Waals surface area contributed by atoms with Gasteiger partial charge >= 0.3 is 0 Å². The largest absolute Gasteiger partial charge is 0.378 e. The van der Waals surface area contributed by atoms with Gasteiger partial charge in [0.1, 0.15) is 17.5 Å². The van der Waals surface area contributed by atoms with Gasteiger partial charge in [-0.3, -0.25) is 0 Å². The Bertz CT molecular complexity index is 465. The van der Waals surface area contributed by atoms with Crippen LogP contribution in [0, 0.1) is 18.3 Å². The van der Waals surface area contributed by atoms with Gasteiger partial charge in [-0.1, -0.05) is 0 Å². The van der Waals surface area contributed by atoms with Gasteiger partial charge in [0, 0.05) is 32.7 Å². The van der Waals surface area contributed by atoms with E-state index in [1.165, 1.54) is 0 Å². The van der Waals surface area contributed by atoms with Crippen LogP contribution in [0.2, 0.25) is 0 Å². The van der Waals surface area contributed by atoms with E-state index < -0.39 is 0 Å². The van der Waals surface area contributed by atoms with Gasteiger partial charge < -0.3 is 14.5 Å². The zero-order chi connectivity index (χ0) is 13.7. The SMILES string of the molecule is Cc1nc(N(C)CCC#N)cc(N2CCOCC2)n1. The third-order valence-corrected chi connectivity index (χ3v) is 3.10. The van der Waals surface area contributed by atoms with Crippen molar-refractivity contribution < 1.29 is 4.74 Å². The third kappa shape index (κ3) is 3.55. The van der Waals surface area contributed by atoms with E-state index in [0.29, 0.717) is 13.0 Å². The molecule has 6 heteroatoms. The Labute approximate surface area is 113 Å². The summed E-state index contributed by atoms with van der Waals surface area (Å²) in [5.41, 5.74) is 0. The highest BCUT2D eigenvalue weighted by Crippen LogP contribution is 2.19. The molecule has 0 unspecified atom stereocenters. The van der Waals surface area contributed by atoms with Crippen LogP contribution in [0.1, 0.15) is 12.2 Å². The van der Waals surface area contributed by atoms with Crippen LogP contribution in [0.15, 0.2) is 6.07 Å². The molecule has 1 fully saturated rings. The molecular formula is C13H19N5O. The molecular weight excluding hydrogens is 242 g/mol. The van der Waals surface area contributed by atoms with E-state index in [1.54, 1.807) is 0 Å². The van der Waals surface area contributed by atoms with Crippen LogP contribution in [0.4, 0.5) is 11.6 Å². The van der Waals surface area contributed by atoms with Gasteiger partial charge in [-0.05, 0) is 6.92 Å².